The Morgan fingerprint density at radius 1 is 1.28 bits per heavy atom. The molecule has 0 bridgehead atoms. The van der Waals surface area contributed by atoms with Crippen LogP contribution in [0.3, 0.4) is 0 Å². The highest BCUT2D eigenvalue weighted by atomic mass is 16.5. The molecular weight excluding hydrogens is 408 g/mol. The fourth-order valence-electron chi connectivity index (χ4n) is 3.78. The van der Waals surface area contributed by atoms with Crippen LogP contribution in [0.2, 0.25) is 0 Å². The van der Waals surface area contributed by atoms with Gasteiger partial charge in [0.15, 0.2) is 0 Å². The van der Waals surface area contributed by atoms with Crippen molar-refractivity contribution in [3.8, 4) is 0 Å². The Labute approximate surface area is 195 Å². The summed E-state index contributed by atoms with van der Waals surface area (Å²) >= 11 is 0. The number of rotatable bonds is 12. The molecule has 32 heavy (non-hydrogen) atoms. The molecule has 0 saturated carbocycles. The third kappa shape index (κ3) is 13.8. The summed E-state index contributed by atoms with van der Waals surface area (Å²) in [4.78, 5) is 22.1. The van der Waals surface area contributed by atoms with E-state index in [-0.39, 0.29) is 18.6 Å². The molecule has 1 atom stereocenters. The largest absolute Gasteiger partial charge is 0.464 e. The fourth-order valence-corrected chi connectivity index (χ4v) is 3.78. The molecule has 2 saturated heterocycles. The van der Waals surface area contributed by atoms with E-state index in [0.29, 0.717) is 19.6 Å². The lowest BCUT2D eigenvalue weighted by molar-refractivity contribution is -0.144. The molecule has 2 fully saturated rings. The molecule has 0 aromatic rings. The summed E-state index contributed by atoms with van der Waals surface area (Å²) in [5.41, 5.74) is 0. The number of unbranched alkanes of at least 4 members (excludes halogenated alkanes) is 1. The van der Waals surface area contributed by atoms with Gasteiger partial charge in [-0.2, -0.15) is 0 Å². The summed E-state index contributed by atoms with van der Waals surface area (Å²) in [6, 6.07) is 0.833. The van der Waals surface area contributed by atoms with Crippen LogP contribution in [-0.4, -0.2) is 111 Å². The lowest BCUT2D eigenvalue weighted by Crippen LogP contribution is -2.48. The van der Waals surface area contributed by atoms with Gasteiger partial charge in [-0.05, 0) is 65.9 Å². The van der Waals surface area contributed by atoms with Gasteiger partial charge in [-0.1, -0.05) is 13.3 Å². The van der Waals surface area contributed by atoms with E-state index in [2.05, 4.69) is 35.5 Å². The molecule has 0 spiro atoms. The first-order valence-electron chi connectivity index (χ1n) is 12.2. The maximum Gasteiger partial charge on any atom is 0.325 e. The molecule has 0 aromatic heterocycles. The van der Waals surface area contributed by atoms with Gasteiger partial charge in [0.05, 0.1) is 25.9 Å². The third-order valence-corrected chi connectivity index (χ3v) is 5.79. The Morgan fingerprint density at radius 2 is 1.97 bits per heavy atom. The van der Waals surface area contributed by atoms with Crippen molar-refractivity contribution in [2.45, 2.75) is 64.5 Å². The molecule has 2 heterocycles. The Kier molecular flexibility index (Phi) is 16.1. The molecule has 8 nitrogen and oxygen atoms in total. The summed E-state index contributed by atoms with van der Waals surface area (Å²) in [6.07, 6.45) is 9.03. The van der Waals surface area contributed by atoms with Crippen molar-refractivity contribution in [1.29, 1.82) is 0 Å². The first-order valence-corrected chi connectivity index (χ1v) is 12.2. The van der Waals surface area contributed by atoms with Crippen molar-refractivity contribution in [3.05, 3.63) is 12.4 Å². The molecule has 0 aromatic carbocycles. The Balaban J connectivity index is 0.000000339. The predicted octanol–water partition coefficient (Wildman–Crippen LogP) is 2.38. The zero-order valence-electron chi connectivity index (χ0n) is 20.6. The van der Waals surface area contributed by atoms with Crippen molar-refractivity contribution in [1.82, 2.24) is 14.7 Å². The van der Waals surface area contributed by atoms with Gasteiger partial charge in [0.25, 0.3) is 0 Å². The van der Waals surface area contributed by atoms with Gasteiger partial charge in [-0.3, -0.25) is 14.7 Å². The van der Waals surface area contributed by atoms with Crippen LogP contribution in [-0.2, 0) is 14.3 Å². The Bertz CT molecular complexity index is 516. The van der Waals surface area contributed by atoms with Gasteiger partial charge < -0.3 is 24.4 Å². The predicted molar refractivity (Wildman–Crippen MR) is 130 cm³/mol. The van der Waals surface area contributed by atoms with E-state index in [4.69, 9.17) is 9.47 Å². The Morgan fingerprint density at radius 3 is 2.56 bits per heavy atom. The zero-order chi connectivity index (χ0) is 23.6. The maximum absolute atomic E-state index is 11.6. The number of ether oxygens (including phenoxy) is 2. The standard InChI is InChI=1S/C14H26N2O3.C10H20N2O/c1-4-5-11-19-14(18)12-16(10-8-15-3)9-6-7-13(2)17;1-11-4-2-10(3-5-11)12-6-8-13-9-7-12/h8,10,13,17H,3-7,9,11-12H2,1-2H3;10H,2-9H2,1H3/b10-8-;. The minimum Gasteiger partial charge on any atom is -0.464 e. The number of piperidine rings is 1. The summed E-state index contributed by atoms with van der Waals surface area (Å²) in [6.45, 7) is 15.2. The van der Waals surface area contributed by atoms with Crippen molar-refractivity contribution >= 4 is 12.7 Å². The van der Waals surface area contributed by atoms with E-state index < -0.39 is 0 Å². The number of morpholine rings is 1. The highest BCUT2D eigenvalue weighted by Crippen LogP contribution is 2.16. The van der Waals surface area contributed by atoms with Crippen molar-refractivity contribution in [3.63, 3.8) is 0 Å². The number of aliphatic imine (C=N–C) groups is 1. The van der Waals surface area contributed by atoms with Crippen LogP contribution in [0.25, 0.3) is 0 Å². The van der Waals surface area contributed by atoms with E-state index in [1.165, 1.54) is 25.9 Å². The third-order valence-electron chi connectivity index (χ3n) is 5.79. The average molecular weight is 455 g/mol. The quantitative estimate of drug-likeness (QED) is 0.276. The van der Waals surface area contributed by atoms with Gasteiger partial charge >= 0.3 is 5.97 Å². The first-order chi connectivity index (χ1) is 15.5. The van der Waals surface area contributed by atoms with Crippen molar-refractivity contribution < 1.29 is 19.4 Å². The van der Waals surface area contributed by atoms with Gasteiger partial charge in [0, 0.05) is 38.1 Å². The van der Waals surface area contributed by atoms with Crippen LogP contribution in [0.5, 0.6) is 0 Å². The molecule has 1 N–H and O–H groups in total. The summed E-state index contributed by atoms with van der Waals surface area (Å²) in [7, 11) is 2.22. The fraction of sp³-hybridized carbons (Fsp3) is 0.833. The summed E-state index contributed by atoms with van der Waals surface area (Å²) in [5.74, 6) is -0.237. The minimum atomic E-state index is -0.320. The number of aliphatic hydroxyl groups excluding tert-OH is 1. The molecular formula is C24H46N4O4. The van der Waals surface area contributed by atoms with Crippen LogP contribution in [0.4, 0.5) is 0 Å². The highest BCUT2D eigenvalue weighted by molar-refractivity contribution is 5.71. The second-order valence-corrected chi connectivity index (χ2v) is 8.70. The molecule has 186 valence electrons. The number of likely N-dealkylation sites (tertiary alicyclic amines) is 1. The smallest absolute Gasteiger partial charge is 0.325 e. The van der Waals surface area contributed by atoms with Gasteiger partial charge in [0.2, 0.25) is 0 Å². The molecule has 2 rings (SSSR count). The SMILES string of the molecule is C=N/C=C\N(CCCC(C)O)CC(=O)OCCCC.CN1CCC(N2CCOCC2)CC1. The van der Waals surface area contributed by atoms with Crippen LogP contribution >= 0.6 is 0 Å². The molecule has 2 aliphatic heterocycles. The number of esters is 1. The number of aliphatic hydroxyl groups is 1. The van der Waals surface area contributed by atoms with Crippen LogP contribution < -0.4 is 0 Å². The topological polar surface area (TPSA) is 77.8 Å². The number of carbonyl (C=O) groups excluding carboxylic acids is 1. The van der Waals surface area contributed by atoms with Crippen LogP contribution in [0.1, 0.15) is 52.4 Å². The van der Waals surface area contributed by atoms with Gasteiger partial charge in [0.1, 0.15) is 6.54 Å². The van der Waals surface area contributed by atoms with Crippen LogP contribution in [0.15, 0.2) is 17.4 Å². The summed E-state index contributed by atoms with van der Waals surface area (Å²) < 4.78 is 10.5. The van der Waals surface area contributed by atoms with Crippen molar-refractivity contribution in [2.75, 3.05) is 66.1 Å². The zero-order valence-corrected chi connectivity index (χ0v) is 20.6. The maximum atomic E-state index is 11.6. The molecule has 1 unspecified atom stereocenters. The molecule has 2 aliphatic rings. The lowest BCUT2D eigenvalue weighted by Gasteiger charge is -2.39. The Hall–Kier alpha value is -1.48. The number of hydrogen-bond acceptors (Lipinski definition) is 8. The monoisotopic (exact) mass is 454 g/mol. The highest BCUT2D eigenvalue weighted by Gasteiger charge is 2.24. The second-order valence-electron chi connectivity index (χ2n) is 8.70. The van der Waals surface area contributed by atoms with E-state index in [9.17, 15) is 9.90 Å². The van der Waals surface area contributed by atoms with E-state index in [1.54, 1.807) is 19.3 Å². The van der Waals surface area contributed by atoms with Gasteiger partial charge in [-0.25, -0.2) is 0 Å². The molecule has 8 heteroatoms. The number of nitrogens with zero attached hydrogens (tertiary/aromatic N) is 4. The second kappa shape index (κ2) is 18.0. The average Bonchev–Trinajstić information content (AvgIpc) is 2.79. The minimum absolute atomic E-state index is 0.204. The van der Waals surface area contributed by atoms with E-state index in [1.807, 2.05) is 4.90 Å². The van der Waals surface area contributed by atoms with E-state index in [0.717, 1.165) is 51.6 Å². The normalized spacial score (nSPS) is 19.2. The summed E-state index contributed by atoms with van der Waals surface area (Å²) in [5, 5.41) is 9.21. The van der Waals surface area contributed by atoms with Gasteiger partial charge in [-0.15, -0.1) is 0 Å². The van der Waals surface area contributed by atoms with Crippen LogP contribution in [0, 0.1) is 0 Å². The molecule has 0 amide bonds. The lowest BCUT2D eigenvalue weighted by atomic mass is 10.0. The molecule has 0 aliphatic carbocycles. The number of hydrogen-bond donors (Lipinski definition) is 1. The first kappa shape index (κ1) is 28.6. The van der Waals surface area contributed by atoms with Crippen molar-refractivity contribution in [2.24, 2.45) is 4.99 Å². The molecule has 0 radical (unpaired) electrons. The number of carbonyl (C=O) groups is 1. The van der Waals surface area contributed by atoms with E-state index >= 15 is 0 Å².